The number of phenolic OH excluding ortho intramolecular Hbond substituents is 1. The lowest BCUT2D eigenvalue weighted by Crippen LogP contribution is -2.32. The number of hydrogen-bond donors (Lipinski definition) is 2. The van der Waals surface area contributed by atoms with Crippen molar-refractivity contribution in [1.29, 1.82) is 0 Å². The number of hydrogen-bond acceptors (Lipinski definition) is 4. The number of carbonyl (C=O) groups is 3. The number of amides is 3. The third-order valence-electron chi connectivity index (χ3n) is 5.96. The number of anilines is 2. The molecule has 2 aliphatic carbocycles. The minimum atomic E-state index is -0.338. The monoisotopic (exact) mass is 374 g/mol. The molecule has 4 atom stereocenters. The normalized spacial score (nSPS) is 27.4. The van der Waals surface area contributed by atoms with Gasteiger partial charge in [-0.25, -0.2) is 0 Å². The van der Waals surface area contributed by atoms with E-state index in [4.69, 9.17) is 0 Å². The van der Waals surface area contributed by atoms with Crippen LogP contribution in [0.25, 0.3) is 0 Å². The van der Waals surface area contributed by atoms with Gasteiger partial charge in [0.2, 0.25) is 11.8 Å². The number of rotatable bonds is 3. The van der Waals surface area contributed by atoms with Gasteiger partial charge in [0.15, 0.2) is 0 Å². The summed E-state index contributed by atoms with van der Waals surface area (Å²) in [5.41, 5.74) is 1.38. The summed E-state index contributed by atoms with van der Waals surface area (Å²) in [5.74, 6) is -0.684. The molecule has 0 spiro atoms. The summed E-state index contributed by atoms with van der Waals surface area (Å²) in [6.45, 7) is 0. The maximum absolute atomic E-state index is 12.8. The van der Waals surface area contributed by atoms with Crippen molar-refractivity contribution in [2.75, 3.05) is 10.2 Å². The topological polar surface area (TPSA) is 86.7 Å². The molecule has 0 radical (unpaired) electrons. The van der Waals surface area contributed by atoms with Crippen molar-refractivity contribution in [2.45, 2.75) is 6.42 Å². The molecule has 0 aromatic heterocycles. The van der Waals surface area contributed by atoms with Crippen molar-refractivity contribution in [3.8, 4) is 5.75 Å². The zero-order valence-electron chi connectivity index (χ0n) is 14.9. The highest BCUT2D eigenvalue weighted by atomic mass is 16.3. The van der Waals surface area contributed by atoms with Gasteiger partial charge >= 0.3 is 0 Å². The number of allylic oxidation sites excluding steroid dienone is 2. The molecule has 6 heteroatoms. The fraction of sp³-hybridized carbons (Fsp3) is 0.227. The van der Waals surface area contributed by atoms with Gasteiger partial charge in [-0.2, -0.15) is 0 Å². The number of nitrogens with one attached hydrogen (secondary N) is 1. The summed E-state index contributed by atoms with van der Waals surface area (Å²) < 4.78 is 0. The highest BCUT2D eigenvalue weighted by Crippen LogP contribution is 2.53. The maximum Gasteiger partial charge on any atom is 0.255 e. The SMILES string of the molecule is O=C(Nc1cccc(O)c1)c1ccc(N2C(=O)C3C4C=CC(C4)C3C2=O)cc1. The molecule has 28 heavy (non-hydrogen) atoms. The van der Waals surface area contributed by atoms with Crippen LogP contribution in [0.1, 0.15) is 16.8 Å². The summed E-state index contributed by atoms with van der Waals surface area (Å²) in [4.78, 5) is 39.4. The Balaban J connectivity index is 1.35. The van der Waals surface area contributed by atoms with Gasteiger partial charge < -0.3 is 10.4 Å². The molecule has 1 saturated heterocycles. The van der Waals surface area contributed by atoms with Gasteiger partial charge in [-0.3, -0.25) is 19.3 Å². The largest absolute Gasteiger partial charge is 0.508 e. The first-order valence-electron chi connectivity index (χ1n) is 9.29. The zero-order valence-corrected chi connectivity index (χ0v) is 14.9. The third-order valence-corrected chi connectivity index (χ3v) is 5.96. The van der Waals surface area contributed by atoms with E-state index in [0.717, 1.165) is 6.42 Å². The number of carbonyl (C=O) groups excluding carboxylic acids is 3. The van der Waals surface area contributed by atoms with Gasteiger partial charge in [0.25, 0.3) is 5.91 Å². The Bertz CT molecular complexity index is 997. The van der Waals surface area contributed by atoms with E-state index >= 15 is 0 Å². The second kappa shape index (κ2) is 6.05. The van der Waals surface area contributed by atoms with E-state index in [2.05, 4.69) is 17.5 Å². The second-order valence-corrected chi connectivity index (χ2v) is 7.56. The van der Waals surface area contributed by atoms with E-state index < -0.39 is 0 Å². The molecule has 1 aliphatic heterocycles. The lowest BCUT2D eigenvalue weighted by molar-refractivity contribution is -0.123. The van der Waals surface area contributed by atoms with Crippen LogP contribution < -0.4 is 10.2 Å². The van der Waals surface area contributed by atoms with E-state index in [9.17, 15) is 19.5 Å². The van der Waals surface area contributed by atoms with Gasteiger partial charge in [-0.1, -0.05) is 18.2 Å². The highest BCUT2D eigenvalue weighted by Gasteiger charge is 2.59. The number of nitrogens with zero attached hydrogens (tertiary/aromatic N) is 1. The van der Waals surface area contributed by atoms with Crippen LogP contribution in [0.5, 0.6) is 5.75 Å². The average Bonchev–Trinajstić information content (AvgIpc) is 3.36. The maximum atomic E-state index is 12.8. The summed E-state index contributed by atoms with van der Waals surface area (Å²) >= 11 is 0. The van der Waals surface area contributed by atoms with Gasteiger partial charge in [-0.05, 0) is 54.7 Å². The Labute approximate surface area is 161 Å². The first kappa shape index (κ1) is 16.7. The highest BCUT2D eigenvalue weighted by molar-refractivity contribution is 6.23. The molecule has 2 N–H and O–H groups in total. The van der Waals surface area contributed by atoms with Crippen molar-refractivity contribution >= 4 is 29.1 Å². The van der Waals surface area contributed by atoms with Gasteiger partial charge in [0.05, 0.1) is 17.5 Å². The molecule has 2 aromatic carbocycles. The Morgan fingerprint density at radius 3 is 2.21 bits per heavy atom. The van der Waals surface area contributed by atoms with Gasteiger partial charge in [0.1, 0.15) is 5.75 Å². The summed E-state index contributed by atoms with van der Waals surface area (Å²) in [7, 11) is 0. The molecular formula is C22H18N2O4. The molecule has 4 unspecified atom stereocenters. The predicted molar refractivity (Wildman–Crippen MR) is 103 cm³/mol. The Morgan fingerprint density at radius 2 is 1.61 bits per heavy atom. The molecule has 2 bridgehead atoms. The predicted octanol–water partition coefficient (Wildman–Crippen LogP) is 2.96. The number of benzene rings is 2. The molecular weight excluding hydrogens is 356 g/mol. The fourth-order valence-corrected chi connectivity index (χ4v) is 4.71. The van der Waals surface area contributed by atoms with Crippen LogP contribution in [0.4, 0.5) is 11.4 Å². The molecule has 1 saturated carbocycles. The van der Waals surface area contributed by atoms with Crippen molar-refractivity contribution < 1.29 is 19.5 Å². The van der Waals surface area contributed by atoms with Crippen molar-refractivity contribution in [3.63, 3.8) is 0 Å². The minimum absolute atomic E-state index is 0.0632. The zero-order chi connectivity index (χ0) is 19.4. The molecule has 2 fully saturated rings. The average molecular weight is 374 g/mol. The molecule has 1 heterocycles. The first-order chi connectivity index (χ1) is 13.5. The van der Waals surface area contributed by atoms with E-state index in [0.29, 0.717) is 16.9 Å². The molecule has 2 aromatic rings. The van der Waals surface area contributed by atoms with Crippen LogP contribution in [-0.2, 0) is 9.59 Å². The number of aromatic hydroxyl groups is 1. The molecule has 3 amide bonds. The van der Waals surface area contributed by atoms with Crippen molar-refractivity contribution in [3.05, 3.63) is 66.2 Å². The lowest BCUT2D eigenvalue weighted by atomic mass is 9.85. The fourth-order valence-electron chi connectivity index (χ4n) is 4.71. The Kier molecular flexibility index (Phi) is 3.62. The first-order valence-corrected chi connectivity index (χ1v) is 9.29. The molecule has 140 valence electrons. The number of phenols is 1. The van der Waals surface area contributed by atoms with E-state index in [1.807, 2.05) is 0 Å². The Morgan fingerprint density at radius 1 is 0.964 bits per heavy atom. The standard InChI is InChI=1S/C22H18N2O4/c25-17-3-1-2-15(11-17)23-20(26)12-6-8-16(9-7-12)24-21(27)18-13-4-5-14(10-13)19(18)22(24)28/h1-9,11,13-14,18-19,25H,10H2,(H,23,26). The van der Waals surface area contributed by atoms with Crippen LogP contribution in [0.2, 0.25) is 0 Å². The second-order valence-electron chi connectivity index (χ2n) is 7.56. The third kappa shape index (κ3) is 2.45. The van der Waals surface area contributed by atoms with Gasteiger partial charge in [-0.15, -0.1) is 0 Å². The summed E-state index contributed by atoms with van der Waals surface area (Å²) in [6, 6.07) is 12.7. The summed E-state index contributed by atoms with van der Waals surface area (Å²) in [5, 5.41) is 12.2. The van der Waals surface area contributed by atoms with Crippen molar-refractivity contribution in [2.24, 2.45) is 23.7 Å². The number of imide groups is 1. The lowest BCUT2D eigenvalue weighted by Gasteiger charge is -2.17. The summed E-state index contributed by atoms with van der Waals surface area (Å²) in [6.07, 6.45) is 5.03. The van der Waals surface area contributed by atoms with E-state index in [-0.39, 0.29) is 47.1 Å². The quantitative estimate of drug-likeness (QED) is 0.639. The molecule has 6 nitrogen and oxygen atoms in total. The molecule has 3 aliphatic rings. The van der Waals surface area contributed by atoms with Crippen molar-refractivity contribution in [1.82, 2.24) is 0 Å². The van der Waals surface area contributed by atoms with E-state index in [1.165, 1.54) is 17.0 Å². The Hall–Kier alpha value is -3.41. The van der Waals surface area contributed by atoms with Gasteiger partial charge in [0, 0.05) is 17.3 Å². The molecule has 5 rings (SSSR count). The minimum Gasteiger partial charge on any atom is -0.508 e. The van der Waals surface area contributed by atoms with Crippen LogP contribution in [0.15, 0.2) is 60.7 Å². The van der Waals surface area contributed by atoms with Crippen LogP contribution in [0.3, 0.4) is 0 Å². The number of fused-ring (bicyclic) bond motifs is 5. The van der Waals surface area contributed by atoms with E-state index in [1.54, 1.807) is 36.4 Å². The van der Waals surface area contributed by atoms with Crippen LogP contribution >= 0.6 is 0 Å². The van der Waals surface area contributed by atoms with Crippen LogP contribution in [0, 0.1) is 23.7 Å². The smallest absolute Gasteiger partial charge is 0.255 e. The van der Waals surface area contributed by atoms with Crippen LogP contribution in [-0.4, -0.2) is 22.8 Å².